The van der Waals surface area contributed by atoms with Gasteiger partial charge in [0.25, 0.3) is 0 Å². The lowest BCUT2D eigenvalue weighted by Gasteiger charge is -2.20. The molecule has 2 aromatic rings. The van der Waals surface area contributed by atoms with Crippen LogP contribution in [0.1, 0.15) is 22.8 Å². The minimum Gasteiger partial charge on any atom is -0.496 e. The molecular weight excluding hydrogens is 379 g/mol. The first kappa shape index (κ1) is 21.5. The zero-order valence-corrected chi connectivity index (χ0v) is 14.9. The molecule has 0 aliphatic rings. The molecule has 6 nitrogen and oxygen atoms in total. The smallest absolute Gasteiger partial charge is 0.419 e. The number of ether oxygens (including phenoxy) is 2. The largest absolute Gasteiger partial charge is 0.496 e. The Morgan fingerprint density at radius 1 is 1.14 bits per heavy atom. The predicted molar refractivity (Wildman–Crippen MR) is 93.6 cm³/mol. The molecule has 0 aliphatic heterocycles. The Bertz CT molecular complexity index is 783. The third-order valence-corrected chi connectivity index (χ3v) is 3.91. The molecule has 28 heavy (non-hydrogen) atoms. The normalized spacial score (nSPS) is 13.5. The van der Waals surface area contributed by atoms with Crippen molar-refractivity contribution < 1.29 is 37.7 Å². The van der Waals surface area contributed by atoms with Crippen LogP contribution in [-0.2, 0) is 17.5 Å². The van der Waals surface area contributed by atoms with Crippen LogP contribution in [0.4, 0.5) is 18.0 Å². The molecule has 0 saturated heterocycles. The zero-order valence-electron chi connectivity index (χ0n) is 14.9. The van der Waals surface area contributed by atoms with E-state index in [9.17, 15) is 28.2 Å². The van der Waals surface area contributed by atoms with Crippen molar-refractivity contribution in [3.63, 3.8) is 0 Å². The fourth-order valence-corrected chi connectivity index (χ4v) is 2.42. The van der Waals surface area contributed by atoms with E-state index in [1.807, 2.05) is 6.07 Å². The number of carbonyl (C=O) groups is 1. The quantitative estimate of drug-likeness (QED) is 0.666. The van der Waals surface area contributed by atoms with Gasteiger partial charge in [-0.15, -0.1) is 0 Å². The molecule has 0 fully saturated rings. The van der Waals surface area contributed by atoms with Crippen LogP contribution in [0.3, 0.4) is 0 Å². The molecule has 3 N–H and O–H groups in total. The third kappa shape index (κ3) is 5.86. The van der Waals surface area contributed by atoms with Gasteiger partial charge in [-0.2, -0.15) is 13.2 Å². The molecule has 0 saturated carbocycles. The van der Waals surface area contributed by atoms with Gasteiger partial charge in [0.05, 0.1) is 12.7 Å². The van der Waals surface area contributed by atoms with Crippen molar-refractivity contribution in [1.82, 2.24) is 5.32 Å². The molecule has 0 spiro atoms. The van der Waals surface area contributed by atoms with Crippen LogP contribution >= 0.6 is 0 Å². The van der Waals surface area contributed by atoms with E-state index in [1.54, 1.807) is 24.3 Å². The summed E-state index contributed by atoms with van der Waals surface area (Å²) < 4.78 is 48.3. The summed E-state index contributed by atoms with van der Waals surface area (Å²) in [5.41, 5.74) is -0.213. The SMILES string of the molecule is COc1cc(C(O)C(O)CNC(=O)OCc2ccccc2)ccc1C(F)(F)F. The molecule has 0 heterocycles. The van der Waals surface area contributed by atoms with E-state index in [4.69, 9.17) is 9.47 Å². The van der Waals surface area contributed by atoms with E-state index in [2.05, 4.69) is 5.32 Å². The van der Waals surface area contributed by atoms with Gasteiger partial charge < -0.3 is 25.0 Å². The van der Waals surface area contributed by atoms with E-state index < -0.39 is 35.8 Å². The average molecular weight is 399 g/mol. The van der Waals surface area contributed by atoms with Crippen LogP contribution < -0.4 is 10.1 Å². The van der Waals surface area contributed by atoms with Crippen molar-refractivity contribution >= 4 is 6.09 Å². The molecule has 9 heteroatoms. The summed E-state index contributed by atoms with van der Waals surface area (Å²) in [5, 5.41) is 22.4. The van der Waals surface area contributed by atoms with Crippen molar-refractivity contribution in [3.8, 4) is 5.75 Å². The molecule has 2 atom stereocenters. The average Bonchev–Trinajstić information content (AvgIpc) is 2.69. The Morgan fingerprint density at radius 3 is 2.43 bits per heavy atom. The first-order valence-corrected chi connectivity index (χ1v) is 8.28. The molecule has 2 aromatic carbocycles. The number of benzene rings is 2. The van der Waals surface area contributed by atoms with Gasteiger partial charge in [-0.25, -0.2) is 4.79 Å². The summed E-state index contributed by atoms with van der Waals surface area (Å²) in [4.78, 5) is 11.7. The predicted octanol–water partition coefficient (Wildman–Crippen LogP) is 3.03. The van der Waals surface area contributed by atoms with Gasteiger partial charge in [0.1, 0.15) is 24.6 Å². The number of halogens is 3. The molecule has 2 rings (SSSR count). The number of hydrogen-bond acceptors (Lipinski definition) is 5. The van der Waals surface area contributed by atoms with Gasteiger partial charge in [-0.3, -0.25) is 0 Å². The van der Waals surface area contributed by atoms with Crippen LogP contribution in [0.25, 0.3) is 0 Å². The van der Waals surface area contributed by atoms with E-state index in [1.165, 1.54) is 0 Å². The highest BCUT2D eigenvalue weighted by Crippen LogP contribution is 2.37. The van der Waals surface area contributed by atoms with Crippen molar-refractivity contribution in [2.45, 2.75) is 25.0 Å². The van der Waals surface area contributed by atoms with Crippen molar-refractivity contribution in [2.24, 2.45) is 0 Å². The molecular formula is C19H20F3NO5. The first-order chi connectivity index (χ1) is 13.2. The van der Waals surface area contributed by atoms with Crippen LogP contribution in [0.15, 0.2) is 48.5 Å². The Labute approximate surface area is 159 Å². The van der Waals surface area contributed by atoms with Crippen LogP contribution in [0, 0.1) is 0 Å². The third-order valence-electron chi connectivity index (χ3n) is 3.91. The molecule has 0 bridgehead atoms. The van der Waals surface area contributed by atoms with Gasteiger partial charge in [0.2, 0.25) is 0 Å². The zero-order chi connectivity index (χ0) is 20.7. The number of aliphatic hydroxyl groups excluding tert-OH is 2. The number of amides is 1. The molecule has 0 aromatic heterocycles. The number of alkyl halides is 3. The second-order valence-corrected chi connectivity index (χ2v) is 5.91. The fraction of sp³-hybridized carbons (Fsp3) is 0.316. The van der Waals surface area contributed by atoms with Crippen LogP contribution in [0.2, 0.25) is 0 Å². The van der Waals surface area contributed by atoms with E-state index in [0.29, 0.717) is 0 Å². The Morgan fingerprint density at radius 2 is 1.82 bits per heavy atom. The molecule has 0 radical (unpaired) electrons. The Balaban J connectivity index is 1.91. The molecule has 2 unspecified atom stereocenters. The highest BCUT2D eigenvalue weighted by atomic mass is 19.4. The molecule has 152 valence electrons. The first-order valence-electron chi connectivity index (χ1n) is 8.28. The minimum atomic E-state index is -4.61. The lowest BCUT2D eigenvalue weighted by atomic mass is 10.0. The summed E-state index contributed by atoms with van der Waals surface area (Å²) >= 11 is 0. The van der Waals surface area contributed by atoms with Gasteiger partial charge in [-0.1, -0.05) is 36.4 Å². The number of nitrogens with one attached hydrogen (secondary N) is 1. The van der Waals surface area contributed by atoms with Crippen LogP contribution in [-0.4, -0.2) is 36.1 Å². The van der Waals surface area contributed by atoms with E-state index >= 15 is 0 Å². The summed E-state index contributed by atoms with van der Waals surface area (Å²) in [6, 6.07) is 11.7. The topological polar surface area (TPSA) is 88.0 Å². The highest BCUT2D eigenvalue weighted by molar-refractivity contribution is 5.67. The lowest BCUT2D eigenvalue weighted by molar-refractivity contribution is -0.138. The lowest BCUT2D eigenvalue weighted by Crippen LogP contribution is -2.35. The van der Waals surface area contributed by atoms with Crippen molar-refractivity contribution in [1.29, 1.82) is 0 Å². The number of carbonyl (C=O) groups excluding carboxylic acids is 1. The van der Waals surface area contributed by atoms with Gasteiger partial charge in [0, 0.05) is 6.54 Å². The minimum absolute atomic E-state index is 0.0109. The monoisotopic (exact) mass is 399 g/mol. The Kier molecular flexibility index (Phi) is 7.24. The van der Waals surface area contributed by atoms with Gasteiger partial charge >= 0.3 is 12.3 Å². The number of alkyl carbamates (subject to hydrolysis) is 1. The number of rotatable bonds is 7. The number of methoxy groups -OCH3 is 1. The van der Waals surface area contributed by atoms with Crippen molar-refractivity contribution in [2.75, 3.05) is 13.7 Å². The number of aliphatic hydroxyl groups is 2. The van der Waals surface area contributed by atoms with Gasteiger partial charge in [-0.05, 0) is 23.3 Å². The Hall–Kier alpha value is -2.78. The second-order valence-electron chi connectivity index (χ2n) is 5.91. The highest BCUT2D eigenvalue weighted by Gasteiger charge is 2.35. The summed E-state index contributed by atoms with van der Waals surface area (Å²) in [6.45, 7) is -0.334. The number of hydrogen-bond donors (Lipinski definition) is 3. The fourth-order valence-electron chi connectivity index (χ4n) is 2.42. The van der Waals surface area contributed by atoms with E-state index in [0.717, 1.165) is 30.9 Å². The van der Waals surface area contributed by atoms with Crippen molar-refractivity contribution in [3.05, 3.63) is 65.2 Å². The van der Waals surface area contributed by atoms with Gasteiger partial charge in [0.15, 0.2) is 0 Å². The maximum atomic E-state index is 12.9. The summed E-state index contributed by atoms with van der Waals surface area (Å²) in [6.07, 6.45) is -8.42. The second kappa shape index (κ2) is 9.43. The summed E-state index contributed by atoms with van der Waals surface area (Å²) in [7, 11) is 1.07. The maximum absolute atomic E-state index is 12.9. The summed E-state index contributed by atoms with van der Waals surface area (Å²) in [5.74, 6) is -0.480. The van der Waals surface area contributed by atoms with Crippen LogP contribution in [0.5, 0.6) is 5.75 Å². The maximum Gasteiger partial charge on any atom is 0.419 e. The van der Waals surface area contributed by atoms with E-state index in [-0.39, 0.29) is 18.7 Å². The molecule has 0 aliphatic carbocycles. The molecule has 1 amide bonds. The standard InChI is InChI=1S/C19H20F3NO5/c1-27-16-9-13(7-8-14(16)19(20,21)22)17(25)15(24)10-23-18(26)28-11-12-5-3-2-4-6-12/h2-9,15,17,24-25H,10-11H2,1H3,(H,23,26).